The lowest BCUT2D eigenvalue weighted by Gasteiger charge is -2.51. The summed E-state index contributed by atoms with van der Waals surface area (Å²) in [6, 6.07) is 23.4. The third kappa shape index (κ3) is 2.90. The minimum atomic E-state index is -0.617. The van der Waals surface area contributed by atoms with Crippen molar-refractivity contribution in [3.8, 4) is 28.1 Å². The van der Waals surface area contributed by atoms with Gasteiger partial charge in [-0.15, -0.1) is 6.58 Å². The van der Waals surface area contributed by atoms with Crippen LogP contribution in [0.1, 0.15) is 24.5 Å². The third-order valence-corrected chi connectivity index (χ3v) is 9.47. The molecule has 2 bridgehead atoms. The summed E-state index contributed by atoms with van der Waals surface area (Å²) in [7, 11) is 1.70. The summed E-state index contributed by atoms with van der Waals surface area (Å²) in [6.45, 7) is 6.11. The number of ether oxygens (including phenoxy) is 1. The van der Waals surface area contributed by atoms with Crippen molar-refractivity contribution in [2.24, 2.45) is 11.8 Å². The second-order valence-electron chi connectivity index (χ2n) is 11.2. The molecule has 1 N–H and O–H groups in total. The molecule has 0 amide bonds. The maximum Gasteiger partial charge on any atom is 0.119 e. The van der Waals surface area contributed by atoms with Gasteiger partial charge < -0.3 is 9.84 Å². The lowest BCUT2D eigenvalue weighted by atomic mass is 9.70. The van der Waals surface area contributed by atoms with Crippen molar-refractivity contribution in [3.63, 3.8) is 0 Å². The number of rotatable bonds is 4. The summed E-state index contributed by atoms with van der Waals surface area (Å²) in [6.07, 6.45) is 3.67. The second-order valence-corrected chi connectivity index (χ2v) is 11.2. The summed E-state index contributed by atoms with van der Waals surface area (Å²) in [5.41, 5.74) is 6.45. The highest BCUT2D eigenvalue weighted by molar-refractivity contribution is 6.28. The third-order valence-electron chi connectivity index (χ3n) is 9.47. The summed E-state index contributed by atoms with van der Waals surface area (Å²) in [5.74, 6) is 1.89. The van der Waals surface area contributed by atoms with E-state index in [-0.39, 0.29) is 6.04 Å². The second kappa shape index (κ2) is 8.13. The zero-order valence-electron chi connectivity index (χ0n) is 21.5. The molecule has 0 radical (unpaired) electrons. The predicted molar refractivity (Wildman–Crippen MR) is 154 cm³/mol. The molecule has 0 spiro atoms. The van der Waals surface area contributed by atoms with E-state index >= 15 is 0 Å². The first kappa shape index (κ1) is 22.3. The van der Waals surface area contributed by atoms with Gasteiger partial charge in [-0.25, -0.2) is 4.98 Å². The number of hydrogen-bond acceptors (Lipinski definition) is 4. The molecule has 5 atom stereocenters. The Balaban J connectivity index is 1.41. The van der Waals surface area contributed by atoms with Crippen molar-refractivity contribution in [1.82, 2.24) is 9.88 Å². The van der Waals surface area contributed by atoms with Gasteiger partial charge in [0.25, 0.3) is 0 Å². The summed E-state index contributed by atoms with van der Waals surface area (Å²) in [5, 5.41) is 18.2. The fourth-order valence-corrected chi connectivity index (χ4v) is 7.62. The number of aliphatic hydroxyl groups excluding tert-OH is 1. The highest BCUT2D eigenvalue weighted by atomic mass is 16.5. The fraction of sp³-hybridized carbons (Fsp3) is 0.265. The largest absolute Gasteiger partial charge is 0.497 e. The highest BCUT2D eigenvalue weighted by Gasteiger charge is 2.44. The molecular weight excluding hydrogens is 468 g/mol. The first-order valence-corrected chi connectivity index (χ1v) is 13.7. The molecule has 188 valence electrons. The Labute approximate surface area is 222 Å². The monoisotopic (exact) mass is 498 g/mol. The minimum Gasteiger partial charge on any atom is -0.497 e. The van der Waals surface area contributed by atoms with E-state index in [2.05, 4.69) is 72.2 Å². The maximum absolute atomic E-state index is 12.3. The van der Waals surface area contributed by atoms with E-state index in [1.54, 1.807) is 7.11 Å². The summed E-state index contributed by atoms with van der Waals surface area (Å²) < 4.78 is 5.64. The van der Waals surface area contributed by atoms with E-state index in [0.29, 0.717) is 11.8 Å². The van der Waals surface area contributed by atoms with Gasteiger partial charge in [0.2, 0.25) is 0 Å². The molecule has 4 unspecified atom stereocenters. The van der Waals surface area contributed by atoms with E-state index in [1.807, 2.05) is 12.1 Å². The normalized spacial score (nSPS) is 24.2. The lowest BCUT2D eigenvalue weighted by molar-refractivity contribution is -0.0443. The molecule has 4 aromatic carbocycles. The molecule has 4 nitrogen and oxygen atoms in total. The van der Waals surface area contributed by atoms with Crippen LogP contribution >= 0.6 is 0 Å². The number of hydrogen-bond donors (Lipinski definition) is 1. The Kier molecular flexibility index (Phi) is 4.77. The van der Waals surface area contributed by atoms with Crippen LogP contribution in [0, 0.1) is 11.8 Å². The van der Waals surface area contributed by atoms with Crippen LogP contribution in [0.25, 0.3) is 54.8 Å². The summed E-state index contributed by atoms with van der Waals surface area (Å²) >= 11 is 0. The van der Waals surface area contributed by atoms with E-state index < -0.39 is 6.10 Å². The number of fused-ring (bicyclic) bond motifs is 13. The van der Waals surface area contributed by atoms with Crippen molar-refractivity contribution in [2.75, 3.05) is 20.2 Å². The van der Waals surface area contributed by atoms with Crippen LogP contribution in [-0.2, 0) is 0 Å². The van der Waals surface area contributed by atoms with Crippen LogP contribution < -0.4 is 4.74 Å². The smallest absolute Gasteiger partial charge is 0.119 e. The molecule has 5 aromatic rings. The number of nitrogens with zero attached hydrogens (tertiary/aromatic N) is 2. The molecule has 9 rings (SSSR count). The molecule has 3 fully saturated rings. The Morgan fingerprint density at radius 2 is 1.66 bits per heavy atom. The predicted octanol–water partition coefficient (Wildman–Crippen LogP) is 7.13. The van der Waals surface area contributed by atoms with Gasteiger partial charge in [-0.1, -0.05) is 54.6 Å². The van der Waals surface area contributed by atoms with E-state index in [1.165, 1.54) is 39.1 Å². The molecule has 1 aromatic heterocycles. The van der Waals surface area contributed by atoms with Gasteiger partial charge in [0, 0.05) is 40.2 Å². The van der Waals surface area contributed by atoms with Crippen molar-refractivity contribution in [1.29, 1.82) is 0 Å². The van der Waals surface area contributed by atoms with Crippen LogP contribution in [-0.4, -0.2) is 41.2 Å². The SMILES string of the molecule is C=CC1CN2CCC1CC2[C@H](O)c1c2c(nc3ccc(OC)cc13)-c1c-2c2ccccc2c2ccccc12. The van der Waals surface area contributed by atoms with Crippen molar-refractivity contribution in [2.45, 2.75) is 25.0 Å². The Hall–Kier alpha value is -3.73. The summed E-state index contributed by atoms with van der Waals surface area (Å²) in [4.78, 5) is 7.70. The zero-order valence-corrected chi connectivity index (χ0v) is 21.5. The number of piperidine rings is 3. The number of methoxy groups -OCH3 is 1. The molecule has 4 aliphatic rings. The zero-order chi connectivity index (χ0) is 25.5. The number of aliphatic hydroxyl groups is 1. The number of benzene rings is 4. The van der Waals surface area contributed by atoms with Gasteiger partial charge in [-0.2, -0.15) is 0 Å². The van der Waals surface area contributed by atoms with Crippen LogP contribution in [0.2, 0.25) is 0 Å². The van der Waals surface area contributed by atoms with Gasteiger partial charge in [0.1, 0.15) is 5.75 Å². The molecule has 3 aliphatic heterocycles. The molecule has 1 aliphatic carbocycles. The lowest BCUT2D eigenvalue weighted by Crippen LogP contribution is -2.55. The highest BCUT2D eigenvalue weighted by Crippen LogP contribution is 2.58. The van der Waals surface area contributed by atoms with Crippen LogP contribution in [0.4, 0.5) is 0 Å². The van der Waals surface area contributed by atoms with Crippen LogP contribution in [0.15, 0.2) is 79.4 Å². The average molecular weight is 499 g/mol. The first-order valence-electron chi connectivity index (χ1n) is 13.7. The van der Waals surface area contributed by atoms with E-state index in [9.17, 15) is 5.11 Å². The molecule has 0 saturated carbocycles. The molecule has 38 heavy (non-hydrogen) atoms. The standard InChI is InChI=1S/C34H30N2O2/c1-3-19-18-36-15-14-20(19)16-28(36)34(37)31-26-17-21(38-2)12-13-27(26)35-33-30-25-11-7-5-9-23(25)22-8-4-6-10-24(22)29(30)32(31)33/h3-13,17,19-20,28,34,37H,1,14-16,18H2,2H3/t19?,20?,28?,34-/m0/s1. The van der Waals surface area contributed by atoms with E-state index in [4.69, 9.17) is 9.72 Å². The van der Waals surface area contributed by atoms with E-state index in [0.717, 1.165) is 53.0 Å². The maximum atomic E-state index is 12.3. The van der Waals surface area contributed by atoms with Gasteiger partial charge in [-0.3, -0.25) is 4.90 Å². The first-order chi connectivity index (χ1) is 18.7. The van der Waals surface area contributed by atoms with Crippen molar-refractivity contribution < 1.29 is 9.84 Å². The van der Waals surface area contributed by atoms with Crippen LogP contribution in [0.3, 0.4) is 0 Å². The minimum absolute atomic E-state index is 0.0848. The van der Waals surface area contributed by atoms with Crippen molar-refractivity contribution in [3.05, 3.63) is 84.9 Å². The van der Waals surface area contributed by atoms with Crippen LogP contribution in [0.5, 0.6) is 5.75 Å². The molecular formula is C34H30N2O2. The average Bonchev–Trinajstić information content (AvgIpc) is 2.97. The van der Waals surface area contributed by atoms with Crippen molar-refractivity contribution >= 4 is 32.4 Å². The number of aromatic nitrogens is 1. The van der Waals surface area contributed by atoms with Gasteiger partial charge in [0.15, 0.2) is 0 Å². The topological polar surface area (TPSA) is 45.6 Å². The Morgan fingerprint density at radius 1 is 0.947 bits per heavy atom. The number of pyridine rings is 1. The van der Waals surface area contributed by atoms with Gasteiger partial charge in [-0.05, 0) is 71.0 Å². The molecule has 3 saturated heterocycles. The van der Waals surface area contributed by atoms with Gasteiger partial charge >= 0.3 is 0 Å². The quantitative estimate of drug-likeness (QED) is 0.207. The van der Waals surface area contributed by atoms with Gasteiger partial charge in [0.05, 0.1) is 24.4 Å². The molecule has 4 heteroatoms. The Bertz CT molecular complexity index is 1790. The molecule has 4 heterocycles. The fourth-order valence-electron chi connectivity index (χ4n) is 7.62. The Morgan fingerprint density at radius 3 is 2.32 bits per heavy atom.